The molecule has 20 heavy (non-hydrogen) atoms. The van der Waals surface area contributed by atoms with Crippen molar-refractivity contribution in [2.75, 3.05) is 39.2 Å². The van der Waals surface area contributed by atoms with Crippen LogP contribution in [0.4, 0.5) is 0 Å². The van der Waals surface area contributed by atoms with Crippen LogP contribution in [0.15, 0.2) is 0 Å². The van der Waals surface area contributed by atoms with Crippen LogP contribution in [0.5, 0.6) is 0 Å². The van der Waals surface area contributed by atoms with Crippen molar-refractivity contribution in [2.45, 2.75) is 31.2 Å². The highest BCUT2D eigenvalue weighted by Crippen LogP contribution is 2.38. The third kappa shape index (κ3) is 4.43. The number of carboxylic acid groups (broad SMARTS) is 1. The molecule has 7 heteroatoms. The molecule has 0 aliphatic heterocycles. The average molecular weight is 306 g/mol. The number of nitrogens with one attached hydrogen (secondary N) is 1. The van der Waals surface area contributed by atoms with E-state index in [4.69, 9.17) is 0 Å². The lowest BCUT2D eigenvalue weighted by molar-refractivity contribution is -0.146. The Labute approximate surface area is 121 Å². The fourth-order valence-corrected chi connectivity index (χ4v) is 3.64. The Hall–Kier alpha value is -0.660. The van der Waals surface area contributed by atoms with Crippen LogP contribution >= 0.6 is 0 Å². The Morgan fingerprint density at radius 2 is 2.10 bits per heavy atom. The molecule has 118 valence electrons. The molecule has 2 N–H and O–H groups in total. The molecule has 0 saturated heterocycles. The predicted octanol–water partition coefficient (Wildman–Crippen LogP) is 0.196. The zero-order chi connectivity index (χ0) is 15.4. The van der Waals surface area contributed by atoms with Crippen LogP contribution < -0.4 is 5.32 Å². The van der Waals surface area contributed by atoms with Gasteiger partial charge in [-0.1, -0.05) is 6.42 Å². The van der Waals surface area contributed by atoms with E-state index in [-0.39, 0.29) is 11.7 Å². The van der Waals surface area contributed by atoms with E-state index in [1.807, 2.05) is 11.9 Å². The smallest absolute Gasteiger partial charge is 0.324 e. The third-order valence-corrected chi connectivity index (χ3v) is 5.28. The van der Waals surface area contributed by atoms with Gasteiger partial charge in [-0.3, -0.25) is 4.79 Å². The number of sulfone groups is 1. The second-order valence-electron chi connectivity index (χ2n) is 5.84. The molecular weight excluding hydrogens is 280 g/mol. The summed E-state index contributed by atoms with van der Waals surface area (Å²) in [4.78, 5) is 13.5. The first-order valence-corrected chi connectivity index (χ1v) is 9.06. The van der Waals surface area contributed by atoms with Gasteiger partial charge in [0, 0.05) is 12.8 Å². The van der Waals surface area contributed by atoms with Crippen molar-refractivity contribution in [1.82, 2.24) is 10.2 Å². The van der Waals surface area contributed by atoms with Crippen molar-refractivity contribution in [3.05, 3.63) is 0 Å². The van der Waals surface area contributed by atoms with Gasteiger partial charge in [-0.05, 0) is 45.8 Å². The highest BCUT2D eigenvalue weighted by Gasteiger charge is 2.47. The topological polar surface area (TPSA) is 86.7 Å². The molecule has 1 rings (SSSR count). The van der Waals surface area contributed by atoms with Gasteiger partial charge in [0.2, 0.25) is 0 Å². The standard InChI is InChI=1S/C13H26N2O4S/c1-14-13(12(16)17)7-4-5-11(13)6-8-15(2)9-10-20(3,18)19/h11,14H,4-10H2,1-3H3,(H,16,17). The first kappa shape index (κ1) is 17.4. The molecule has 0 aromatic carbocycles. The lowest BCUT2D eigenvalue weighted by Gasteiger charge is -2.32. The number of hydrogen-bond acceptors (Lipinski definition) is 5. The molecule has 0 amide bonds. The summed E-state index contributed by atoms with van der Waals surface area (Å²) in [6, 6.07) is 0. The van der Waals surface area contributed by atoms with Crippen LogP contribution in [0, 0.1) is 5.92 Å². The normalized spacial score (nSPS) is 27.1. The fourth-order valence-electron chi connectivity index (χ4n) is 3.00. The van der Waals surface area contributed by atoms with Crippen LogP contribution in [-0.2, 0) is 14.6 Å². The number of rotatable bonds is 8. The van der Waals surface area contributed by atoms with Gasteiger partial charge in [0.15, 0.2) is 0 Å². The second kappa shape index (κ2) is 6.87. The Balaban J connectivity index is 2.50. The number of likely N-dealkylation sites (N-methyl/N-ethyl adjacent to an activating group) is 1. The Morgan fingerprint density at radius 1 is 1.45 bits per heavy atom. The minimum atomic E-state index is -2.95. The van der Waals surface area contributed by atoms with E-state index in [1.54, 1.807) is 7.05 Å². The first-order chi connectivity index (χ1) is 9.21. The molecule has 0 spiro atoms. The predicted molar refractivity (Wildman–Crippen MR) is 78.6 cm³/mol. The molecule has 0 aromatic heterocycles. The number of hydrogen-bond donors (Lipinski definition) is 2. The van der Waals surface area contributed by atoms with Gasteiger partial charge in [-0.2, -0.15) is 0 Å². The molecule has 0 radical (unpaired) electrons. The number of carboxylic acids is 1. The molecule has 6 nitrogen and oxygen atoms in total. The molecule has 0 aromatic rings. The van der Waals surface area contributed by atoms with Crippen molar-refractivity contribution < 1.29 is 18.3 Å². The van der Waals surface area contributed by atoms with Crippen LogP contribution in [0.2, 0.25) is 0 Å². The van der Waals surface area contributed by atoms with E-state index < -0.39 is 21.3 Å². The summed E-state index contributed by atoms with van der Waals surface area (Å²) in [5.74, 6) is -0.531. The van der Waals surface area contributed by atoms with E-state index in [2.05, 4.69) is 5.32 Å². The SMILES string of the molecule is CNC1(C(=O)O)CCCC1CCN(C)CCS(C)(=O)=O. The monoisotopic (exact) mass is 306 g/mol. The van der Waals surface area contributed by atoms with Crippen molar-refractivity contribution in [1.29, 1.82) is 0 Å². The summed E-state index contributed by atoms with van der Waals surface area (Å²) in [5, 5.41) is 12.4. The minimum Gasteiger partial charge on any atom is -0.480 e. The highest BCUT2D eigenvalue weighted by atomic mass is 32.2. The molecule has 2 atom stereocenters. The molecule has 0 bridgehead atoms. The van der Waals surface area contributed by atoms with Gasteiger partial charge in [0.25, 0.3) is 0 Å². The first-order valence-electron chi connectivity index (χ1n) is 7.00. The third-order valence-electron chi connectivity index (χ3n) is 4.35. The molecule has 1 aliphatic rings. The molecule has 1 saturated carbocycles. The maximum absolute atomic E-state index is 11.5. The van der Waals surface area contributed by atoms with Crippen molar-refractivity contribution in [3.8, 4) is 0 Å². The fraction of sp³-hybridized carbons (Fsp3) is 0.923. The molecular formula is C13H26N2O4S. The summed E-state index contributed by atoms with van der Waals surface area (Å²) in [6.07, 6.45) is 4.50. The van der Waals surface area contributed by atoms with Crippen LogP contribution in [0.25, 0.3) is 0 Å². The van der Waals surface area contributed by atoms with Gasteiger partial charge < -0.3 is 15.3 Å². The summed E-state index contributed by atoms with van der Waals surface area (Å²) < 4.78 is 22.2. The van der Waals surface area contributed by atoms with E-state index in [9.17, 15) is 18.3 Å². The van der Waals surface area contributed by atoms with E-state index >= 15 is 0 Å². The van der Waals surface area contributed by atoms with Crippen LogP contribution in [0.3, 0.4) is 0 Å². The number of aliphatic carboxylic acids is 1. The summed E-state index contributed by atoms with van der Waals surface area (Å²) in [5.41, 5.74) is -0.808. The quantitative estimate of drug-likeness (QED) is 0.666. The molecule has 2 unspecified atom stereocenters. The van der Waals surface area contributed by atoms with Gasteiger partial charge in [-0.15, -0.1) is 0 Å². The Kier molecular flexibility index (Phi) is 5.97. The maximum Gasteiger partial charge on any atom is 0.324 e. The largest absolute Gasteiger partial charge is 0.480 e. The number of carbonyl (C=O) groups is 1. The Bertz CT molecular complexity index is 438. The van der Waals surface area contributed by atoms with Gasteiger partial charge >= 0.3 is 5.97 Å². The van der Waals surface area contributed by atoms with Crippen LogP contribution in [0.1, 0.15) is 25.7 Å². The molecule has 1 fully saturated rings. The van der Waals surface area contributed by atoms with Crippen molar-refractivity contribution in [2.24, 2.45) is 5.92 Å². The van der Waals surface area contributed by atoms with Gasteiger partial charge in [0.1, 0.15) is 15.4 Å². The van der Waals surface area contributed by atoms with Gasteiger partial charge in [-0.25, -0.2) is 8.42 Å². The van der Waals surface area contributed by atoms with E-state index in [0.717, 1.165) is 25.8 Å². The Morgan fingerprint density at radius 3 is 2.60 bits per heavy atom. The lowest BCUT2D eigenvalue weighted by atomic mass is 9.84. The zero-order valence-corrected chi connectivity index (χ0v) is 13.4. The summed E-state index contributed by atoms with van der Waals surface area (Å²) >= 11 is 0. The average Bonchev–Trinajstić information content (AvgIpc) is 2.77. The van der Waals surface area contributed by atoms with Crippen LogP contribution in [-0.4, -0.2) is 69.1 Å². The minimum absolute atomic E-state index is 0.102. The lowest BCUT2D eigenvalue weighted by Crippen LogP contribution is -2.53. The van der Waals surface area contributed by atoms with E-state index in [0.29, 0.717) is 13.0 Å². The molecule has 1 aliphatic carbocycles. The number of nitrogens with zero attached hydrogens (tertiary/aromatic N) is 1. The van der Waals surface area contributed by atoms with Crippen molar-refractivity contribution >= 4 is 15.8 Å². The van der Waals surface area contributed by atoms with Gasteiger partial charge in [0.05, 0.1) is 5.75 Å². The van der Waals surface area contributed by atoms with E-state index in [1.165, 1.54) is 6.26 Å². The zero-order valence-electron chi connectivity index (χ0n) is 12.6. The maximum atomic E-state index is 11.5. The van der Waals surface area contributed by atoms with Crippen molar-refractivity contribution in [3.63, 3.8) is 0 Å². The second-order valence-corrected chi connectivity index (χ2v) is 8.10. The summed E-state index contributed by atoms with van der Waals surface area (Å²) in [6.45, 7) is 1.21. The highest BCUT2D eigenvalue weighted by molar-refractivity contribution is 7.90. The summed E-state index contributed by atoms with van der Waals surface area (Å²) in [7, 11) is 0.639. The molecule has 0 heterocycles.